The Balaban J connectivity index is 1.04. The zero-order valence-corrected chi connectivity index (χ0v) is 33.7. The molecule has 5 aliphatic rings. The van der Waals surface area contributed by atoms with Gasteiger partial charge in [0.25, 0.3) is 0 Å². The maximum atomic E-state index is 11.8. The van der Waals surface area contributed by atoms with Crippen LogP contribution in [0.2, 0.25) is 0 Å². The topological polar surface area (TPSA) is 294 Å². The molecule has 4 aromatic rings. The lowest BCUT2D eigenvalue weighted by atomic mass is 9.95. The highest BCUT2D eigenvalue weighted by Gasteiger charge is 2.55. The van der Waals surface area contributed by atoms with E-state index in [2.05, 4.69) is 0 Å². The molecule has 5 aliphatic heterocycles. The fraction of sp³-hybridized carbons (Fsp3) is 0.650. The predicted molar refractivity (Wildman–Crippen MR) is 203 cm³/mol. The van der Waals surface area contributed by atoms with E-state index in [9.17, 15) is 51.1 Å². The Hall–Kier alpha value is -3.34. The smallest absolute Gasteiger partial charge is 0.244 e. The Kier molecular flexibility index (Phi) is 12.4. The first-order valence-corrected chi connectivity index (χ1v) is 20.5. The second-order valence-electron chi connectivity index (χ2n) is 16.7. The van der Waals surface area contributed by atoms with Crippen molar-refractivity contribution >= 4 is 22.1 Å². The number of rotatable bonds is 4. The summed E-state index contributed by atoms with van der Waals surface area (Å²) < 4.78 is 55.6. The van der Waals surface area contributed by atoms with Gasteiger partial charge in [-0.3, -0.25) is 0 Å². The number of benzene rings is 2. The van der Waals surface area contributed by atoms with Crippen LogP contribution in [0.5, 0.6) is 0 Å². The second-order valence-corrected chi connectivity index (χ2v) is 16.7. The summed E-state index contributed by atoms with van der Waals surface area (Å²) in [6.45, 7) is -1.27. The SMILES string of the molecule is C[n+]1cn(C[C@H]2O[C@@H]3OC[C@H]4O[C@H](O[C@@H]5[C@@H](O)[C@@H](OC[C@H]6O[C@H](O[C@H]([C@H]3O)[C@@H]2O)[C@H](O)[C@@H](O)[C@@H]6O)O[C@H](Cn2c[n+](C)c3ccccc32)[C@H]5O)[C@H](O)[C@@H](O)[C@@H]4O)c2ccccc21. The van der Waals surface area contributed by atoms with E-state index in [4.69, 9.17) is 37.9 Å². The van der Waals surface area contributed by atoms with E-state index < -0.39 is 136 Å². The minimum atomic E-state index is -1.92. The molecule has 0 unspecified atom stereocenters. The number of hydrogen-bond donors (Lipinski definition) is 10. The molecule has 0 aliphatic carbocycles. The monoisotopic (exact) mass is 878 g/mol. The zero-order chi connectivity index (χ0) is 43.7. The predicted octanol–water partition coefficient (Wildman–Crippen LogP) is -5.73. The van der Waals surface area contributed by atoms with Crippen molar-refractivity contribution in [2.75, 3.05) is 13.2 Å². The Morgan fingerprint density at radius 1 is 0.452 bits per heavy atom. The van der Waals surface area contributed by atoms with Gasteiger partial charge < -0.3 is 89.0 Å². The molecule has 8 bridgehead atoms. The van der Waals surface area contributed by atoms with Crippen molar-refractivity contribution in [2.24, 2.45) is 14.1 Å². The fourth-order valence-corrected chi connectivity index (χ4v) is 9.08. The molecule has 22 heteroatoms. The lowest BCUT2D eigenvalue weighted by molar-refractivity contribution is -0.646. The van der Waals surface area contributed by atoms with Crippen LogP contribution in [0, 0.1) is 0 Å². The molecule has 0 amide bonds. The average Bonchev–Trinajstić information content (AvgIpc) is 3.76. The van der Waals surface area contributed by atoms with Gasteiger partial charge in [0, 0.05) is 0 Å². The van der Waals surface area contributed by atoms with Crippen LogP contribution in [0.1, 0.15) is 0 Å². The quantitative estimate of drug-likeness (QED) is 0.0855. The van der Waals surface area contributed by atoms with Crippen LogP contribution in [0.4, 0.5) is 0 Å². The molecule has 5 saturated heterocycles. The summed E-state index contributed by atoms with van der Waals surface area (Å²) in [7, 11) is 3.67. The van der Waals surface area contributed by atoms with Crippen molar-refractivity contribution in [2.45, 2.75) is 136 Å². The number of imidazole rings is 2. The number of aromatic nitrogens is 4. The van der Waals surface area contributed by atoms with Crippen LogP contribution in [-0.2, 0) is 65.1 Å². The van der Waals surface area contributed by atoms with E-state index >= 15 is 0 Å². The fourth-order valence-electron chi connectivity index (χ4n) is 9.08. The summed E-state index contributed by atoms with van der Waals surface area (Å²) in [6.07, 6.45) is -30.0. The van der Waals surface area contributed by atoms with Gasteiger partial charge in [0.2, 0.25) is 12.7 Å². The van der Waals surface area contributed by atoms with Crippen LogP contribution < -0.4 is 9.13 Å². The van der Waals surface area contributed by atoms with Gasteiger partial charge in [-0.1, -0.05) is 24.3 Å². The molecular formula is C40H54N4O18+2. The van der Waals surface area contributed by atoms with E-state index in [1.165, 1.54) is 0 Å². The van der Waals surface area contributed by atoms with Gasteiger partial charge in [0.05, 0.1) is 27.3 Å². The third kappa shape index (κ3) is 7.94. The number of aliphatic hydroxyl groups excluding tert-OH is 10. The van der Waals surface area contributed by atoms with Crippen molar-refractivity contribution in [1.29, 1.82) is 0 Å². The van der Waals surface area contributed by atoms with Crippen LogP contribution >= 0.6 is 0 Å². The summed E-state index contributed by atoms with van der Waals surface area (Å²) in [5.41, 5.74) is 3.28. The van der Waals surface area contributed by atoms with Crippen molar-refractivity contribution in [3.63, 3.8) is 0 Å². The third-order valence-corrected chi connectivity index (χ3v) is 12.6. The molecule has 10 N–H and O–H groups in total. The molecule has 0 saturated carbocycles. The Morgan fingerprint density at radius 2 is 0.839 bits per heavy atom. The third-order valence-electron chi connectivity index (χ3n) is 12.6. The summed E-state index contributed by atoms with van der Waals surface area (Å²) >= 11 is 0. The number of fused-ring (bicyclic) bond motifs is 10. The molecule has 0 spiro atoms. The molecule has 5 fully saturated rings. The molecular weight excluding hydrogens is 824 g/mol. The zero-order valence-electron chi connectivity index (χ0n) is 33.7. The molecule has 2 aromatic heterocycles. The summed E-state index contributed by atoms with van der Waals surface area (Å²) in [4.78, 5) is 0. The molecule has 7 heterocycles. The van der Waals surface area contributed by atoms with Gasteiger partial charge in [-0.05, 0) is 24.3 Å². The largest absolute Gasteiger partial charge is 0.387 e. The summed E-state index contributed by atoms with van der Waals surface area (Å²) in [5.74, 6) is 0. The number of para-hydroxylation sites is 4. The molecule has 9 rings (SSSR count). The van der Waals surface area contributed by atoms with Gasteiger partial charge in [-0.2, -0.15) is 0 Å². The van der Waals surface area contributed by atoms with E-state index in [0.29, 0.717) is 0 Å². The number of ether oxygens (including phenoxy) is 8. The first-order chi connectivity index (χ1) is 29.7. The standard InChI is InChI=1S/C40H54N4O18/c1-41-15-43(19-9-5-3-7-17(19)41)11-21-27(47)35-33(53)37(57-21)55-13-23-25(45)30(50)32(52)40(60-23)62-36-28(48)22(12-44-16-42(2)18-8-4-6-10-20(18)44)58-38(34(36)54)56-14-24-26(46)29(49)31(51)39(59-24)61-35/h3-10,15-16,21-40,45-54H,11-14H2,1-2H3/q+2/t21-,22-,23-,24-,25-,26-,27-,28-,29+,30+,31-,32-,33-,34-,35+,36+,37+,38+,39-,40-/m1/s1. The van der Waals surface area contributed by atoms with Crippen LogP contribution in [0.15, 0.2) is 61.2 Å². The van der Waals surface area contributed by atoms with Crippen LogP contribution in [0.25, 0.3) is 22.1 Å². The van der Waals surface area contributed by atoms with Gasteiger partial charge >= 0.3 is 0 Å². The minimum Gasteiger partial charge on any atom is -0.387 e. The Labute approximate surface area is 353 Å². The lowest BCUT2D eigenvalue weighted by Gasteiger charge is -2.48. The Bertz CT molecular complexity index is 2030. The van der Waals surface area contributed by atoms with E-state index in [-0.39, 0.29) is 13.1 Å². The van der Waals surface area contributed by atoms with Crippen LogP contribution in [-0.4, -0.2) is 196 Å². The van der Waals surface area contributed by atoms with Crippen molar-refractivity contribution in [1.82, 2.24) is 9.13 Å². The minimum absolute atomic E-state index is 0.0162. The highest BCUT2D eigenvalue weighted by molar-refractivity contribution is 5.72. The summed E-state index contributed by atoms with van der Waals surface area (Å²) in [6, 6.07) is 14.9. The summed E-state index contributed by atoms with van der Waals surface area (Å²) in [5, 5.41) is 113. The number of aliphatic hydroxyl groups is 10. The maximum absolute atomic E-state index is 11.8. The van der Waals surface area contributed by atoms with Crippen molar-refractivity contribution in [3.8, 4) is 0 Å². The maximum Gasteiger partial charge on any atom is 0.244 e. The van der Waals surface area contributed by atoms with Crippen LogP contribution in [0.3, 0.4) is 0 Å². The first-order valence-electron chi connectivity index (χ1n) is 20.5. The second kappa shape index (κ2) is 17.6. The molecule has 22 nitrogen and oxygen atoms in total. The number of aryl methyl sites for hydroxylation is 2. The van der Waals surface area contributed by atoms with Gasteiger partial charge in [-0.25, -0.2) is 18.3 Å². The number of nitrogens with zero attached hydrogens (tertiary/aromatic N) is 4. The highest BCUT2D eigenvalue weighted by atomic mass is 16.8. The molecule has 2 aromatic carbocycles. The van der Waals surface area contributed by atoms with Crippen molar-refractivity contribution in [3.05, 3.63) is 61.2 Å². The van der Waals surface area contributed by atoms with Crippen molar-refractivity contribution < 1.29 is 98.1 Å². The first kappa shape index (κ1) is 43.9. The highest BCUT2D eigenvalue weighted by Crippen LogP contribution is 2.35. The molecule has 62 heavy (non-hydrogen) atoms. The Morgan fingerprint density at radius 3 is 1.24 bits per heavy atom. The van der Waals surface area contributed by atoms with E-state index in [0.717, 1.165) is 22.1 Å². The normalized spacial score (nSPS) is 43.3. The van der Waals surface area contributed by atoms with Gasteiger partial charge in [-0.15, -0.1) is 0 Å². The van der Waals surface area contributed by atoms with E-state index in [1.807, 2.05) is 71.8 Å². The average molecular weight is 879 g/mol. The number of hydrogen-bond acceptors (Lipinski definition) is 18. The lowest BCUT2D eigenvalue weighted by Crippen LogP contribution is -2.67. The van der Waals surface area contributed by atoms with Gasteiger partial charge in [0.15, 0.2) is 47.2 Å². The molecule has 340 valence electrons. The molecule has 0 radical (unpaired) electrons. The molecule has 20 atom stereocenters. The van der Waals surface area contributed by atoms with Gasteiger partial charge in [0.1, 0.15) is 111 Å². The van der Waals surface area contributed by atoms with E-state index in [1.54, 1.807) is 21.8 Å².